The van der Waals surface area contributed by atoms with Crippen LogP contribution in [0.5, 0.6) is 11.5 Å². The van der Waals surface area contributed by atoms with Crippen LogP contribution >= 0.6 is 0 Å². The average Bonchev–Trinajstić information content (AvgIpc) is 3.35. The molecule has 0 aliphatic rings. The van der Waals surface area contributed by atoms with E-state index in [1.807, 2.05) is 39.6 Å². The van der Waals surface area contributed by atoms with Crippen LogP contribution in [0.2, 0.25) is 0 Å². The molecule has 0 fully saturated rings. The summed E-state index contributed by atoms with van der Waals surface area (Å²) in [5.41, 5.74) is 8.15. The number of hydrogen-bond donors (Lipinski definition) is 1. The fourth-order valence-corrected chi connectivity index (χ4v) is 3.81. The third-order valence-corrected chi connectivity index (χ3v) is 5.34. The van der Waals surface area contributed by atoms with Gasteiger partial charge in [-0.1, -0.05) is 24.3 Å². The van der Waals surface area contributed by atoms with Crippen LogP contribution < -0.4 is 14.9 Å². The molecule has 0 aliphatic carbocycles. The highest BCUT2D eigenvalue weighted by Crippen LogP contribution is 2.28. The number of hydrogen-bond acceptors (Lipinski definition) is 6. The minimum absolute atomic E-state index is 0.596. The molecule has 0 bridgehead atoms. The molecule has 0 amide bonds. The fourth-order valence-electron chi connectivity index (χ4n) is 3.81. The molecule has 0 spiro atoms. The summed E-state index contributed by atoms with van der Waals surface area (Å²) >= 11 is 0. The standard InChI is InChI=1S/C23H22N6O2/c1-15-11-29(18-7-5-4-6-17(15)18)27-22-21-23(25-13-24-22)28(14-26-21)12-16-8-9-19(30-2)20(10-16)31-3/h4-11,13-14H,12H2,1-3H3,(H,24,25,27). The van der Waals surface area contributed by atoms with Crippen molar-refractivity contribution < 1.29 is 9.47 Å². The fraction of sp³-hybridized carbons (Fsp3) is 0.174. The van der Waals surface area contributed by atoms with E-state index < -0.39 is 0 Å². The number of benzene rings is 2. The molecular weight excluding hydrogens is 392 g/mol. The Morgan fingerprint density at radius 1 is 0.968 bits per heavy atom. The van der Waals surface area contributed by atoms with Gasteiger partial charge in [0.1, 0.15) is 6.33 Å². The molecule has 1 N–H and O–H groups in total. The van der Waals surface area contributed by atoms with Crippen LogP contribution in [0.3, 0.4) is 0 Å². The molecule has 8 heteroatoms. The third kappa shape index (κ3) is 3.31. The lowest BCUT2D eigenvalue weighted by Crippen LogP contribution is -2.10. The number of ether oxygens (including phenoxy) is 2. The molecule has 31 heavy (non-hydrogen) atoms. The molecule has 5 aromatic rings. The van der Waals surface area contributed by atoms with Crippen molar-refractivity contribution in [1.82, 2.24) is 24.2 Å². The van der Waals surface area contributed by atoms with Gasteiger partial charge >= 0.3 is 0 Å². The number of nitrogens with zero attached hydrogens (tertiary/aromatic N) is 5. The van der Waals surface area contributed by atoms with E-state index in [0.717, 1.165) is 16.7 Å². The second kappa shape index (κ2) is 7.64. The quantitative estimate of drug-likeness (QED) is 0.452. The first kappa shape index (κ1) is 18.9. The number of nitrogens with one attached hydrogen (secondary N) is 1. The minimum atomic E-state index is 0.596. The van der Waals surface area contributed by atoms with Gasteiger partial charge in [0.05, 0.1) is 32.6 Å². The van der Waals surface area contributed by atoms with Gasteiger partial charge in [-0.2, -0.15) is 0 Å². The van der Waals surface area contributed by atoms with Crippen LogP contribution in [-0.4, -0.2) is 38.4 Å². The Morgan fingerprint density at radius 2 is 1.81 bits per heavy atom. The Labute approximate surface area is 179 Å². The lowest BCUT2D eigenvalue weighted by Gasteiger charge is -2.11. The molecule has 3 heterocycles. The lowest BCUT2D eigenvalue weighted by molar-refractivity contribution is 0.354. The van der Waals surface area contributed by atoms with Crippen molar-refractivity contribution in [1.29, 1.82) is 0 Å². The van der Waals surface area contributed by atoms with Gasteiger partial charge in [-0.15, -0.1) is 0 Å². The van der Waals surface area contributed by atoms with Crippen molar-refractivity contribution in [2.75, 3.05) is 19.6 Å². The summed E-state index contributed by atoms with van der Waals surface area (Å²) in [5, 5.41) is 1.19. The van der Waals surface area contributed by atoms with E-state index in [4.69, 9.17) is 9.47 Å². The molecule has 0 saturated heterocycles. The SMILES string of the molecule is COc1ccc(Cn2cnc3c(Nn4cc(C)c5ccccc54)ncnc32)cc1OC. The van der Waals surface area contributed by atoms with Gasteiger partial charge in [-0.25, -0.2) is 15.0 Å². The van der Waals surface area contributed by atoms with E-state index in [-0.39, 0.29) is 0 Å². The summed E-state index contributed by atoms with van der Waals surface area (Å²) in [6.45, 7) is 2.69. The zero-order chi connectivity index (χ0) is 21.4. The van der Waals surface area contributed by atoms with Crippen LogP contribution in [0.4, 0.5) is 5.82 Å². The van der Waals surface area contributed by atoms with Gasteiger partial charge in [-0.3, -0.25) is 10.1 Å². The number of para-hydroxylation sites is 1. The van der Waals surface area contributed by atoms with Crippen LogP contribution in [-0.2, 0) is 6.54 Å². The van der Waals surface area contributed by atoms with Crippen molar-refractivity contribution in [3.63, 3.8) is 0 Å². The van der Waals surface area contributed by atoms with Gasteiger partial charge in [0.2, 0.25) is 0 Å². The summed E-state index contributed by atoms with van der Waals surface area (Å²) in [6, 6.07) is 14.1. The summed E-state index contributed by atoms with van der Waals surface area (Å²) in [6.07, 6.45) is 5.38. The van der Waals surface area contributed by atoms with Crippen molar-refractivity contribution >= 4 is 27.9 Å². The number of imidazole rings is 1. The predicted molar refractivity (Wildman–Crippen MR) is 120 cm³/mol. The highest BCUT2D eigenvalue weighted by Gasteiger charge is 2.13. The maximum absolute atomic E-state index is 5.42. The van der Waals surface area contributed by atoms with Crippen molar-refractivity contribution in [3.8, 4) is 11.5 Å². The van der Waals surface area contributed by atoms with E-state index in [1.165, 1.54) is 10.9 Å². The van der Waals surface area contributed by atoms with E-state index in [9.17, 15) is 0 Å². The first-order valence-electron chi connectivity index (χ1n) is 9.88. The molecule has 0 unspecified atom stereocenters. The molecule has 156 valence electrons. The molecule has 5 rings (SSSR count). The monoisotopic (exact) mass is 414 g/mol. The Kier molecular flexibility index (Phi) is 4.66. The first-order chi connectivity index (χ1) is 15.2. The topological polar surface area (TPSA) is 79.0 Å². The molecule has 0 radical (unpaired) electrons. The van der Waals surface area contributed by atoms with Crippen LogP contribution in [0, 0.1) is 6.92 Å². The van der Waals surface area contributed by atoms with Crippen molar-refractivity contribution in [3.05, 3.63) is 72.4 Å². The second-order valence-electron chi connectivity index (χ2n) is 7.27. The van der Waals surface area contributed by atoms with Crippen LogP contribution in [0.15, 0.2) is 61.3 Å². The maximum atomic E-state index is 5.42. The van der Waals surface area contributed by atoms with E-state index >= 15 is 0 Å². The summed E-state index contributed by atoms with van der Waals surface area (Å²) in [7, 11) is 3.26. The zero-order valence-electron chi connectivity index (χ0n) is 17.5. The smallest absolute Gasteiger partial charge is 0.176 e. The van der Waals surface area contributed by atoms with Crippen molar-refractivity contribution in [2.24, 2.45) is 0 Å². The minimum Gasteiger partial charge on any atom is -0.493 e. The molecule has 0 atom stereocenters. The van der Waals surface area contributed by atoms with Gasteiger partial charge in [-0.05, 0) is 36.2 Å². The predicted octanol–water partition coefficient (Wildman–Crippen LogP) is 4.03. The molecule has 0 aliphatic heterocycles. The molecule has 3 aromatic heterocycles. The lowest BCUT2D eigenvalue weighted by atomic mass is 10.2. The van der Waals surface area contributed by atoms with Gasteiger partial charge < -0.3 is 14.0 Å². The number of anilines is 1. The summed E-state index contributed by atoms with van der Waals surface area (Å²) < 4.78 is 14.7. The number of aryl methyl sites for hydroxylation is 1. The Bertz CT molecular complexity index is 1390. The highest BCUT2D eigenvalue weighted by atomic mass is 16.5. The van der Waals surface area contributed by atoms with E-state index in [1.54, 1.807) is 26.9 Å². The average molecular weight is 414 g/mol. The van der Waals surface area contributed by atoms with Gasteiger partial charge in [0.25, 0.3) is 0 Å². The molecule has 8 nitrogen and oxygen atoms in total. The summed E-state index contributed by atoms with van der Waals surface area (Å²) in [5.74, 6) is 2.04. The maximum Gasteiger partial charge on any atom is 0.176 e. The van der Waals surface area contributed by atoms with Crippen LogP contribution in [0.25, 0.3) is 22.1 Å². The molecular formula is C23H22N6O2. The largest absolute Gasteiger partial charge is 0.493 e. The van der Waals surface area contributed by atoms with E-state index in [2.05, 4.69) is 45.6 Å². The van der Waals surface area contributed by atoms with Gasteiger partial charge in [0, 0.05) is 11.6 Å². The van der Waals surface area contributed by atoms with Crippen molar-refractivity contribution in [2.45, 2.75) is 13.5 Å². The van der Waals surface area contributed by atoms with Crippen LogP contribution in [0.1, 0.15) is 11.1 Å². The number of fused-ring (bicyclic) bond motifs is 2. The third-order valence-electron chi connectivity index (χ3n) is 5.34. The number of aromatic nitrogens is 5. The molecule has 2 aromatic carbocycles. The Morgan fingerprint density at radius 3 is 2.65 bits per heavy atom. The Balaban J connectivity index is 1.49. The normalized spacial score (nSPS) is 11.2. The number of methoxy groups -OCH3 is 2. The highest BCUT2D eigenvalue weighted by molar-refractivity contribution is 5.86. The molecule has 0 saturated carbocycles. The summed E-state index contributed by atoms with van der Waals surface area (Å²) in [4.78, 5) is 13.5. The zero-order valence-corrected chi connectivity index (χ0v) is 17.5. The van der Waals surface area contributed by atoms with E-state index in [0.29, 0.717) is 29.4 Å². The first-order valence-corrected chi connectivity index (χ1v) is 9.88. The van der Waals surface area contributed by atoms with Gasteiger partial charge in [0.15, 0.2) is 28.5 Å². The Hall–Kier alpha value is -4.07. The number of rotatable bonds is 6. The second-order valence-corrected chi connectivity index (χ2v) is 7.27.